The van der Waals surface area contributed by atoms with Gasteiger partial charge in [0.2, 0.25) is 0 Å². The van der Waals surface area contributed by atoms with Gasteiger partial charge in [0.05, 0.1) is 0 Å². The average Bonchev–Trinajstić information content (AvgIpc) is 2.67. The maximum Gasteiger partial charge on any atom is 0.0141 e. The first-order valence-electron chi connectivity index (χ1n) is 6.56. The zero-order valence-corrected chi connectivity index (χ0v) is 10.6. The molecule has 0 aromatic carbocycles. The first-order chi connectivity index (χ1) is 7.09. The zero-order chi connectivity index (χ0) is 10.9. The molecule has 2 rings (SSSR count). The Kier molecular flexibility index (Phi) is 3.36. The lowest BCUT2D eigenvalue weighted by atomic mass is 9.88. The summed E-state index contributed by atoms with van der Waals surface area (Å²) in [6.45, 7) is 10.9. The van der Waals surface area contributed by atoms with Gasteiger partial charge < -0.3 is 5.32 Å². The highest BCUT2D eigenvalue weighted by atomic mass is 15.2. The fourth-order valence-electron chi connectivity index (χ4n) is 3.32. The van der Waals surface area contributed by atoms with E-state index in [-0.39, 0.29) is 0 Å². The summed E-state index contributed by atoms with van der Waals surface area (Å²) in [4.78, 5) is 2.74. The molecule has 2 fully saturated rings. The van der Waals surface area contributed by atoms with Gasteiger partial charge in [0, 0.05) is 11.6 Å². The van der Waals surface area contributed by atoms with E-state index in [1.54, 1.807) is 0 Å². The molecule has 2 nitrogen and oxygen atoms in total. The van der Waals surface area contributed by atoms with Crippen molar-refractivity contribution < 1.29 is 0 Å². The highest BCUT2D eigenvalue weighted by Gasteiger charge is 2.37. The van der Waals surface area contributed by atoms with Crippen LogP contribution in [0.15, 0.2) is 0 Å². The van der Waals surface area contributed by atoms with E-state index in [1.807, 2.05) is 0 Å². The molecule has 15 heavy (non-hydrogen) atoms. The third kappa shape index (κ3) is 2.54. The van der Waals surface area contributed by atoms with Crippen LogP contribution >= 0.6 is 0 Å². The molecule has 0 amide bonds. The molecular weight excluding hydrogens is 184 g/mol. The molecule has 2 aliphatic heterocycles. The van der Waals surface area contributed by atoms with E-state index >= 15 is 0 Å². The van der Waals surface area contributed by atoms with Crippen LogP contribution in [0.2, 0.25) is 0 Å². The minimum Gasteiger partial charge on any atom is -0.316 e. The van der Waals surface area contributed by atoms with Gasteiger partial charge >= 0.3 is 0 Å². The van der Waals surface area contributed by atoms with E-state index in [1.165, 1.54) is 45.3 Å². The lowest BCUT2D eigenvalue weighted by Crippen LogP contribution is -2.50. The molecule has 2 atom stereocenters. The molecule has 2 aliphatic rings. The molecule has 0 aromatic heterocycles. The van der Waals surface area contributed by atoms with Crippen LogP contribution in [-0.4, -0.2) is 36.1 Å². The molecule has 0 radical (unpaired) electrons. The topological polar surface area (TPSA) is 15.3 Å². The Bertz CT molecular complexity index is 201. The van der Waals surface area contributed by atoms with Gasteiger partial charge in [0.15, 0.2) is 0 Å². The minimum absolute atomic E-state index is 0.360. The quantitative estimate of drug-likeness (QED) is 0.714. The van der Waals surface area contributed by atoms with Crippen molar-refractivity contribution in [1.29, 1.82) is 0 Å². The van der Waals surface area contributed by atoms with Crippen LogP contribution < -0.4 is 5.32 Å². The van der Waals surface area contributed by atoms with Crippen molar-refractivity contribution in [2.75, 3.05) is 19.6 Å². The summed E-state index contributed by atoms with van der Waals surface area (Å²) in [5.74, 6) is 0.903. The van der Waals surface area contributed by atoms with E-state index < -0.39 is 0 Å². The van der Waals surface area contributed by atoms with Crippen molar-refractivity contribution in [3.8, 4) is 0 Å². The SMILES string of the molecule is CC(C)(C)N1CCCC1C1CCCNC1. The molecule has 0 aromatic rings. The lowest BCUT2D eigenvalue weighted by molar-refractivity contribution is 0.0771. The Morgan fingerprint density at radius 3 is 2.53 bits per heavy atom. The summed E-state index contributed by atoms with van der Waals surface area (Å²) in [6, 6.07) is 0.845. The van der Waals surface area contributed by atoms with E-state index in [0.717, 1.165) is 12.0 Å². The van der Waals surface area contributed by atoms with Gasteiger partial charge in [0.1, 0.15) is 0 Å². The molecule has 0 aliphatic carbocycles. The van der Waals surface area contributed by atoms with Crippen LogP contribution in [0.1, 0.15) is 46.5 Å². The van der Waals surface area contributed by atoms with Gasteiger partial charge in [0.25, 0.3) is 0 Å². The predicted molar refractivity (Wildman–Crippen MR) is 65.1 cm³/mol. The van der Waals surface area contributed by atoms with Gasteiger partial charge in [-0.1, -0.05) is 0 Å². The van der Waals surface area contributed by atoms with Crippen molar-refractivity contribution in [2.45, 2.75) is 58.0 Å². The van der Waals surface area contributed by atoms with Crippen LogP contribution in [-0.2, 0) is 0 Å². The maximum atomic E-state index is 3.56. The van der Waals surface area contributed by atoms with Gasteiger partial charge in [-0.25, -0.2) is 0 Å². The smallest absolute Gasteiger partial charge is 0.0141 e. The fraction of sp³-hybridized carbons (Fsp3) is 1.00. The van der Waals surface area contributed by atoms with Crippen molar-refractivity contribution >= 4 is 0 Å². The fourth-order valence-corrected chi connectivity index (χ4v) is 3.32. The Morgan fingerprint density at radius 1 is 1.13 bits per heavy atom. The van der Waals surface area contributed by atoms with Gasteiger partial charge in [-0.3, -0.25) is 4.90 Å². The Labute approximate surface area is 94.4 Å². The molecule has 2 saturated heterocycles. The van der Waals surface area contributed by atoms with Crippen LogP contribution in [0.4, 0.5) is 0 Å². The van der Waals surface area contributed by atoms with Crippen molar-refractivity contribution in [1.82, 2.24) is 10.2 Å². The largest absolute Gasteiger partial charge is 0.316 e. The number of rotatable bonds is 1. The first kappa shape index (κ1) is 11.4. The monoisotopic (exact) mass is 210 g/mol. The second-order valence-corrected chi connectivity index (χ2v) is 6.18. The normalized spacial score (nSPS) is 34.6. The highest BCUT2D eigenvalue weighted by molar-refractivity contribution is 4.93. The molecule has 0 spiro atoms. The number of hydrogen-bond donors (Lipinski definition) is 1. The molecule has 88 valence electrons. The zero-order valence-electron chi connectivity index (χ0n) is 10.6. The minimum atomic E-state index is 0.360. The molecule has 1 N–H and O–H groups in total. The van der Waals surface area contributed by atoms with E-state index in [9.17, 15) is 0 Å². The predicted octanol–water partition coefficient (Wildman–Crippen LogP) is 2.25. The van der Waals surface area contributed by atoms with Crippen molar-refractivity contribution in [3.05, 3.63) is 0 Å². The standard InChI is InChI=1S/C13H26N2/c1-13(2,3)15-9-5-7-12(15)11-6-4-8-14-10-11/h11-12,14H,4-10H2,1-3H3. The van der Waals surface area contributed by atoms with Crippen LogP contribution in [0.3, 0.4) is 0 Å². The van der Waals surface area contributed by atoms with Crippen LogP contribution in [0.5, 0.6) is 0 Å². The Balaban J connectivity index is 2.00. The molecule has 2 heterocycles. The number of nitrogens with zero attached hydrogens (tertiary/aromatic N) is 1. The van der Waals surface area contributed by atoms with E-state index in [2.05, 4.69) is 31.0 Å². The Morgan fingerprint density at radius 2 is 1.93 bits per heavy atom. The summed E-state index contributed by atoms with van der Waals surface area (Å²) in [6.07, 6.45) is 5.63. The summed E-state index contributed by atoms with van der Waals surface area (Å²) in [5.41, 5.74) is 0.360. The maximum absolute atomic E-state index is 3.56. The van der Waals surface area contributed by atoms with Crippen molar-refractivity contribution in [3.63, 3.8) is 0 Å². The first-order valence-corrected chi connectivity index (χ1v) is 6.56. The van der Waals surface area contributed by atoms with Gasteiger partial charge in [-0.2, -0.15) is 0 Å². The van der Waals surface area contributed by atoms with Crippen LogP contribution in [0, 0.1) is 5.92 Å². The second kappa shape index (κ2) is 4.42. The Hall–Kier alpha value is -0.0800. The van der Waals surface area contributed by atoms with E-state index in [0.29, 0.717) is 5.54 Å². The second-order valence-electron chi connectivity index (χ2n) is 6.18. The summed E-state index contributed by atoms with van der Waals surface area (Å²) in [5, 5.41) is 3.56. The molecular formula is C13H26N2. The average molecular weight is 210 g/mol. The third-order valence-electron chi connectivity index (χ3n) is 4.04. The number of nitrogens with one attached hydrogen (secondary N) is 1. The summed E-state index contributed by atoms with van der Waals surface area (Å²) >= 11 is 0. The number of likely N-dealkylation sites (tertiary alicyclic amines) is 1. The summed E-state index contributed by atoms with van der Waals surface area (Å²) < 4.78 is 0. The lowest BCUT2D eigenvalue weighted by Gasteiger charge is -2.41. The number of piperidine rings is 1. The van der Waals surface area contributed by atoms with Gasteiger partial charge in [-0.05, 0) is 72.0 Å². The van der Waals surface area contributed by atoms with Crippen LogP contribution in [0.25, 0.3) is 0 Å². The molecule has 2 heteroatoms. The van der Waals surface area contributed by atoms with Crippen molar-refractivity contribution in [2.24, 2.45) is 5.92 Å². The molecule has 0 saturated carbocycles. The molecule has 2 unspecified atom stereocenters. The highest BCUT2D eigenvalue weighted by Crippen LogP contribution is 2.33. The van der Waals surface area contributed by atoms with E-state index in [4.69, 9.17) is 0 Å². The van der Waals surface area contributed by atoms with Gasteiger partial charge in [-0.15, -0.1) is 0 Å². The summed E-state index contributed by atoms with van der Waals surface area (Å²) in [7, 11) is 0. The molecule has 0 bridgehead atoms. The number of hydrogen-bond acceptors (Lipinski definition) is 2. The third-order valence-corrected chi connectivity index (χ3v) is 4.04.